The van der Waals surface area contributed by atoms with Crippen LogP contribution in [0.15, 0.2) is 59.0 Å². The number of furan rings is 1. The number of hydrogen-bond acceptors (Lipinski definition) is 5. The second-order valence-electron chi connectivity index (χ2n) is 6.49. The lowest BCUT2D eigenvalue weighted by Gasteiger charge is -2.06. The van der Waals surface area contributed by atoms with E-state index in [9.17, 15) is 14.7 Å². The topological polar surface area (TPSA) is 79.6 Å². The van der Waals surface area contributed by atoms with Crippen molar-refractivity contribution in [1.29, 1.82) is 0 Å². The van der Waals surface area contributed by atoms with Crippen molar-refractivity contribution in [3.05, 3.63) is 71.3 Å². The molecule has 0 radical (unpaired) electrons. The van der Waals surface area contributed by atoms with Crippen LogP contribution in [-0.2, 0) is 4.74 Å². The highest BCUT2D eigenvalue weighted by atomic mass is 16.5. The maximum atomic E-state index is 11.7. The molecule has 0 aliphatic heterocycles. The van der Waals surface area contributed by atoms with E-state index in [4.69, 9.17) is 9.15 Å². The molecule has 2 aromatic carbocycles. The zero-order chi connectivity index (χ0) is 19.6. The van der Waals surface area contributed by atoms with Crippen LogP contribution in [0.5, 0.6) is 0 Å². The van der Waals surface area contributed by atoms with Crippen LogP contribution in [0.4, 0.5) is 0 Å². The fourth-order valence-electron chi connectivity index (χ4n) is 2.84. The molecule has 0 fully saturated rings. The van der Waals surface area contributed by atoms with Gasteiger partial charge in [0.25, 0.3) is 0 Å². The summed E-state index contributed by atoms with van der Waals surface area (Å²) in [6, 6.07) is 15.6. The van der Waals surface area contributed by atoms with E-state index in [0.717, 1.165) is 5.56 Å². The third-order valence-electron chi connectivity index (χ3n) is 4.36. The fraction of sp³-hybridized carbons (Fsp3) is 0.182. The Bertz CT molecular complexity index is 980. The molecule has 0 unspecified atom stereocenters. The van der Waals surface area contributed by atoms with Crippen molar-refractivity contribution in [3.8, 4) is 22.6 Å². The first-order valence-electron chi connectivity index (χ1n) is 8.55. The molecule has 0 N–H and O–H groups in total. The Kier molecular flexibility index (Phi) is 5.12. The largest absolute Gasteiger partial charge is 0.545 e. The standard InChI is InChI=1S/C22H20O5/c1-13(2)14-7-9-15(10-8-14)19-12-18(21(23)24)20(27-19)16-5-4-6-17(11-16)22(25)26-3/h4-13H,1-3H3,(H,23,24)/p-1. The molecule has 0 amide bonds. The summed E-state index contributed by atoms with van der Waals surface area (Å²) in [6.07, 6.45) is 0. The van der Waals surface area contributed by atoms with Crippen molar-refractivity contribution < 1.29 is 23.8 Å². The van der Waals surface area contributed by atoms with Crippen molar-refractivity contribution in [3.63, 3.8) is 0 Å². The fourth-order valence-corrected chi connectivity index (χ4v) is 2.84. The average Bonchev–Trinajstić information content (AvgIpc) is 3.13. The Labute approximate surface area is 157 Å². The normalized spacial score (nSPS) is 10.8. The molecule has 138 valence electrons. The molecule has 0 bridgehead atoms. The van der Waals surface area contributed by atoms with Gasteiger partial charge in [-0.15, -0.1) is 0 Å². The quantitative estimate of drug-likeness (QED) is 0.643. The minimum Gasteiger partial charge on any atom is -0.545 e. The van der Waals surface area contributed by atoms with Gasteiger partial charge in [-0.1, -0.05) is 50.2 Å². The van der Waals surface area contributed by atoms with Crippen LogP contribution in [0.25, 0.3) is 22.6 Å². The van der Waals surface area contributed by atoms with Crippen LogP contribution < -0.4 is 5.11 Å². The van der Waals surface area contributed by atoms with Crippen molar-refractivity contribution in [2.24, 2.45) is 0 Å². The molecule has 3 rings (SSSR count). The first-order valence-corrected chi connectivity index (χ1v) is 8.55. The predicted molar refractivity (Wildman–Crippen MR) is 99.3 cm³/mol. The Morgan fingerprint density at radius 2 is 1.70 bits per heavy atom. The van der Waals surface area contributed by atoms with Crippen molar-refractivity contribution in [2.45, 2.75) is 19.8 Å². The van der Waals surface area contributed by atoms with Crippen molar-refractivity contribution in [1.82, 2.24) is 0 Å². The van der Waals surface area contributed by atoms with E-state index < -0.39 is 11.9 Å². The first-order chi connectivity index (χ1) is 12.9. The number of carbonyl (C=O) groups excluding carboxylic acids is 2. The van der Waals surface area contributed by atoms with Gasteiger partial charge in [0.2, 0.25) is 0 Å². The summed E-state index contributed by atoms with van der Waals surface area (Å²) < 4.78 is 10.6. The molecule has 1 aromatic heterocycles. The van der Waals surface area contributed by atoms with E-state index in [1.54, 1.807) is 18.2 Å². The smallest absolute Gasteiger partial charge is 0.337 e. The zero-order valence-corrected chi connectivity index (χ0v) is 15.3. The average molecular weight is 363 g/mol. The lowest BCUT2D eigenvalue weighted by molar-refractivity contribution is -0.255. The molecular formula is C22H19O5-. The SMILES string of the molecule is COC(=O)c1cccc(-c2oc(-c3ccc(C(C)C)cc3)cc2C(=O)[O-])c1. The number of carboxylic acids is 1. The number of methoxy groups -OCH3 is 1. The number of ether oxygens (including phenoxy) is 1. The molecule has 1 heterocycles. The van der Waals surface area contributed by atoms with E-state index >= 15 is 0 Å². The Morgan fingerprint density at radius 1 is 1.00 bits per heavy atom. The van der Waals surface area contributed by atoms with Crippen molar-refractivity contribution >= 4 is 11.9 Å². The summed E-state index contributed by atoms with van der Waals surface area (Å²) in [5.41, 5.74) is 2.63. The second-order valence-corrected chi connectivity index (χ2v) is 6.49. The van der Waals surface area contributed by atoms with Crippen LogP contribution in [0.2, 0.25) is 0 Å². The van der Waals surface area contributed by atoms with Gasteiger partial charge in [-0.25, -0.2) is 4.79 Å². The lowest BCUT2D eigenvalue weighted by atomic mass is 10.0. The van der Waals surface area contributed by atoms with Crippen LogP contribution in [0.3, 0.4) is 0 Å². The van der Waals surface area contributed by atoms with Crippen LogP contribution in [0.1, 0.15) is 46.0 Å². The van der Waals surface area contributed by atoms with Gasteiger partial charge in [0.15, 0.2) is 0 Å². The molecular weight excluding hydrogens is 344 g/mol. The van der Waals surface area contributed by atoms with E-state index in [0.29, 0.717) is 22.8 Å². The van der Waals surface area contributed by atoms with Crippen LogP contribution in [0, 0.1) is 0 Å². The maximum Gasteiger partial charge on any atom is 0.337 e. The van der Waals surface area contributed by atoms with Gasteiger partial charge >= 0.3 is 5.97 Å². The number of carboxylic acid groups (broad SMARTS) is 1. The second kappa shape index (κ2) is 7.50. The Morgan fingerprint density at radius 3 is 2.30 bits per heavy atom. The number of hydrogen-bond donors (Lipinski definition) is 0. The first kappa shape index (κ1) is 18.5. The Balaban J connectivity index is 2.06. The molecule has 27 heavy (non-hydrogen) atoms. The van der Waals surface area contributed by atoms with E-state index in [-0.39, 0.29) is 11.3 Å². The van der Waals surface area contributed by atoms with Gasteiger partial charge in [-0.2, -0.15) is 0 Å². The molecule has 0 aliphatic rings. The minimum absolute atomic E-state index is 0.0695. The summed E-state index contributed by atoms with van der Waals surface area (Å²) >= 11 is 0. The third kappa shape index (κ3) is 3.77. The highest BCUT2D eigenvalue weighted by molar-refractivity contribution is 5.96. The van der Waals surface area contributed by atoms with E-state index in [1.165, 1.54) is 24.8 Å². The summed E-state index contributed by atoms with van der Waals surface area (Å²) in [5.74, 6) is -0.900. The molecule has 5 nitrogen and oxygen atoms in total. The van der Waals surface area contributed by atoms with Crippen molar-refractivity contribution in [2.75, 3.05) is 7.11 Å². The van der Waals surface area contributed by atoms with Gasteiger partial charge in [0.05, 0.1) is 18.6 Å². The highest BCUT2D eigenvalue weighted by Crippen LogP contribution is 2.33. The summed E-state index contributed by atoms with van der Waals surface area (Å²) in [5, 5.41) is 11.6. The molecule has 0 aliphatic carbocycles. The predicted octanol–water partition coefficient (Wildman–Crippen LogP) is 3.89. The van der Waals surface area contributed by atoms with Gasteiger partial charge in [0.1, 0.15) is 11.5 Å². The lowest BCUT2D eigenvalue weighted by Crippen LogP contribution is -2.22. The van der Waals surface area contributed by atoms with Gasteiger partial charge < -0.3 is 19.1 Å². The van der Waals surface area contributed by atoms with Crippen LogP contribution >= 0.6 is 0 Å². The van der Waals surface area contributed by atoms with Gasteiger partial charge in [-0.3, -0.25) is 0 Å². The molecule has 0 spiro atoms. The molecule has 0 saturated heterocycles. The van der Waals surface area contributed by atoms with E-state index in [1.807, 2.05) is 24.3 Å². The van der Waals surface area contributed by atoms with Gasteiger partial charge in [0, 0.05) is 16.7 Å². The maximum absolute atomic E-state index is 11.7. The summed E-state index contributed by atoms with van der Waals surface area (Å²) in [7, 11) is 1.29. The monoisotopic (exact) mass is 363 g/mol. The number of benzene rings is 2. The summed E-state index contributed by atoms with van der Waals surface area (Å²) in [6.45, 7) is 4.20. The zero-order valence-electron chi connectivity index (χ0n) is 15.3. The number of carbonyl (C=O) groups is 2. The van der Waals surface area contributed by atoms with E-state index in [2.05, 4.69) is 13.8 Å². The molecule has 0 atom stereocenters. The van der Waals surface area contributed by atoms with Gasteiger partial charge in [-0.05, 0) is 29.7 Å². The molecule has 0 saturated carbocycles. The van der Waals surface area contributed by atoms with Crippen LogP contribution in [-0.4, -0.2) is 19.0 Å². The third-order valence-corrected chi connectivity index (χ3v) is 4.36. The highest BCUT2D eigenvalue weighted by Gasteiger charge is 2.17. The Hall–Kier alpha value is -3.34. The number of esters is 1. The number of rotatable bonds is 5. The molecule has 5 heteroatoms. The minimum atomic E-state index is -1.35. The summed E-state index contributed by atoms with van der Waals surface area (Å²) in [4.78, 5) is 23.3. The molecule has 3 aromatic rings. The number of aromatic carboxylic acids is 1.